The fraction of sp³-hybridized carbons (Fsp3) is 0.690. The fourth-order valence-corrected chi connectivity index (χ4v) is 12.3. The first kappa shape index (κ1) is 104. The largest absolute Gasteiger partial charge is 0.508 e. The van der Waals surface area contributed by atoms with Crippen LogP contribution in [-0.4, -0.2) is 201 Å². The zero-order valence-corrected chi connectivity index (χ0v) is 72.4. The van der Waals surface area contributed by atoms with Crippen molar-refractivity contribution in [2.45, 2.75) is 106 Å². The van der Waals surface area contributed by atoms with E-state index in [2.05, 4.69) is 155 Å². The molecule has 3 aromatic rings. The zero-order valence-electron chi connectivity index (χ0n) is 50.9. The van der Waals surface area contributed by atoms with Crippen LogP contribution in [0.3, 0.4) is 0 Å². The van der Waals surface area contributed by atoms with Crippen molar-refractivity contribution in [2.75, 3.05) is 142 Å². The van der Waals surface area contributed by atoms with E-state index in [-0.39, 0.29) is 66.9 Å². The van der Waals surface area contributed by atoms with Crippen molar-refractivity contribution in [1.29, 1.82) is 0 Å². The molecule has 2 heterocycles. The number of aliphatic hydroxyl groups excluding tert-OH is 2. The number of aliphatic hydroxyl groups is 2. The van der Waals surface area contributed by atoms with Gasteiger partial charge in [0.15, 0.2) is 12.6 Å². The van der Waals surface area contributed by atoms with Crippen molar-refractivity contribution in [1.82, 2.24) is 9.29 Å². The molecule has 0 bridgehead atoms. The summed E-state index contributed by atoms with van der Waals surface area (Å²) < 4.78 is 52.7. The molecule has 2 N–H and O–H groups in total. The average Bonchev–Trinajstić information content (AvgIpc) is 1.38. The molecule has 1 aromatic carbocycles. The van der Waals surface area contributed by atoms with E-state index in [0.717, 1.165) is 41.3 Å². The van der Waals surface area contributed by atoms with Crippen LogP contribution in [0.2, 0.25) is 0 Å². The Hall–Kier alpha value is 3.05. The van der Waals surface area contributed by atoms with Gasteiger partial charge in [0.2, 0.25) is 10.0 Å². The highest BCUT2D eigenvalue weighted by atomic mass is 127. The van der Waals surface area contributed by atoms with Gasteiger partial charge in [0.1, 0.15) is 13.2 Å². The molecule has 0 aliphatic carbocycles. The van der Waals surface area contributed by atoms with Crippen LogP contribution in [0.15, 0.2) is 59.5 Å². The molecule has 90 heavy (non-hydrogen) atoms. The van der Waals surface area contributed by atoms with Crippen LogP contribution in [0.1, 0.15) is 107 Å². The summed E-state index contributed by atoms with van der Waals surface area (Å²) in [6, 6.07) is 15.6. The number of aldehydes is 2. The topological polar surface area (TPSA) is 188 Å². The van der Waals surface area contributed by atoms with E-state index in [9.17, 15) is 22.8 Å². The molecular weight excluding hydrogens is 2000 g/mol. The number of ether oxygens (including phenoxy) is 5. The van der Waals surface area contributed by atoms with Crippen molar-refractivity contribution < 1.29 is 56.7 Å². The van der Waals surface area contributed by atoms with Crippen LogP contribution >= 0.6 is 245 Å². The molecule has 0 spiro atoms. The summed E-state index contributed by atoms with van der Waals surface area (Å²) in [5, 5.41) is 22.6. The minimum Gasteiger partial charge on any atom is -0.433 e. The van der Waals surface area contributed by atoms with Gasteiger partial charge in [-0.15, -0.1) is 104 Å². The molecule has 0 saturated heterocycles. The number of unbranched alkanes of at least 4 members (excludes halogenated alkanes) is 8. The van der Waals surface area contributed by atoms with Gasteiger partial charge in [0.25, 0.3) is 0 Å². The number of rotatable bonds is 41. The number of aromatic nitrogens is 1. The SMILES string of the molecule is BrCCCCCCCCCCBr.Cc1ccc(S(=O)(=O)N(CCCl)CCCl)cc1.ClCCOCCOCCOCCCl.ClCc1cccc(CCl)n1.ICCCCI.O=C(OCCCl)OCCCl.O=Cc1ccc(C=O)s1.OC(CBr)CBr.OC(CBr)CCBr. The second kappa shape index (κ2) is 86.3. The van der Waals surface area contributed by atoms with Crippen molar-refractivity contribution in [2.24, 2.45) is 0 Å². The molecule has 0 aliphatic rings. The molecule has 1 unspecified atom stereocenters. The number of sulfonamides is 1. The van der Waals surface area contributed by atoms with Gasteiger partial charge in [-0.2, -0.15) is 4.31 Å². The van der Waals surface area contributed by atoms with Gasteiger partial charge >= 0.3 is 6.16 Å². The molecule has 0 amide bonds. The van der Waals surface area contributed by atoms with Gasteiger partial charge in [0.05, 0.1) is 101 Å². The molecule has 0 saturated carbocycles. The van der Waals surface area contributed by atoms with E-state index in [0.29, 0.717) is 88.9 Å². The Bertz CT molecular complexity index is 1980. The maximum Gasteiger partial charge on any atom is 0.508 e. The number of hydrogen-bond acceptors (Lipinski definition) is 14. The van der Waals surface area contributed by atoms with E-state index in [1.807, 2.05) is 25.1 Å². The quantitative estimate of drug-likeness (QED) is 0.0180. The summed E-state index contributed by atoms with van der Waals surface area (Å²) in [5.74, 6) is 3.00. The number of halogens is 16. The molecule has 530 valence electrons. The van der Waals surface area contributed by atoms with Crippen LogP contribution < -0.4 is 0 Å². The zero-order chi connectivity index (χ0) is 69.2. The number of nitrogens with zero attached hydrogens (tertiary/aromatic N) is 2. The number of benzene rings is 1. The predicted octanol–water partition coefficient (Wildman–Crippen LogP) is 19.7. The Morgan fingerprint density at radius 2 is 0.922 bits per heavy atom. The second-order valence-corrected chi connectivity index (χ2v) is 29.4. The van der Waals surface area contributed by atoms with E-state index in [1.165, 1.54) is 99.4 Å². The van der Waals surface area contributed by atoms with Crippen LogP contribution in [0, 0.1) is 6.92 Å². The van der Waals surface area contributed by atoms with Crippen molar-refractivity contribution in [3.8, 4) is 0 Å². The Kier molecular flexibility index (Phi) is 99.7. The van der Waals surface area contributed by atoms with Crippen molar-refractivity contribution in [3.05, 3.63) is 81.3 Å². The van der Waals surface area contributed by atoms with Gasteiger partial charge < -0.3 is 33.9 Å². The maximum atomic E-state index is 12.2. The third-order valence-corrected chi connectivity index (χ3v) is 19.3. The smallest absolute Gasteiger partial charge is 0.433 e. The lowest BCUT2D eigenvalue weighted by Crippen LogP contribution is -2.34. The molecule has 0 radical (unpaired) electrons. The fourth-order valence-electron chi connectivity index (χ4n) is 5.19. The first-order chi connectivity index (χ1) is 43.4. The summed E-state index contributed by atoms with van der Waals surface area (Å²) in [7, 11) is -3.48. The van der Waals surface area contributed by atoms with Crippen molar-refractivity contribution >= 4 is 274 Å². The van der Waals surface area contributed by atoms with Crippen LogP contribution in [-0.2, 0) is 45.5 Å². The molecule has 2 aromatic heterocycles. The highest BCUT2D eigenvalue weighted by Crippen LogP contribution is 2.17. The number of carbonyl (C=O) groups is 3. The van der Waals surface area contributed by atoms with E-state index in [4.69, 9.17) is 117 Å². The van der Waals surface area contributed by atoms with Crippen LogP contribution in [0.25, 0.3) is 0 Å². The van der Waals surface area contributed by atoms with Gasteiger partial charge in [-0.05, 0) is 84.3 Å². The third-order valence-electron chi connectivity index (χ3n) is 9.64. The normalized spacial score (nSPS) is 10.5. The summed E-state index contributed by atoms with van der Waals surface area (Å²) >= 11 is 69.0. The summed E-state index contributed by atoms with van der Waals surface area (Å²) in [6.07, 6.45) is 15.2. The van der Waals surface area contributed by atoms with Gasteiger partial charge in [-0.25, -0.2) is 13.2 Å². The highest BCUT2D eigenvalue weighted by molar-refractivity contribution is 14.1. The molecule has 1 atom stereocenters. The number of alkyl halides is 16. The van der Waals surface area contributed by atoms with Crippen molar-refractivity contribution in [3.63, 3.8) is 0 Å². The number of carbonyl (C=O) groups excluding carboxylic acids is 3. The Morgan fingerprint density at radius 1 is 0.544 bits per heavy atom. The van der Waals surface area contributed by atoms with Gasteiger partial charge in [-0.3, -0.25) is 14.6 Å². The molecule has 3 rings (SSSR count). The first-order valence-electron chi connectivity index (χ1n) is 28.3. The summed E-state index contributed by atoms with van der Waals surface area (Å²) in [4.78, 5) is 36.1. The Labute approximate surface area is 660 Å². The van der Waals surface area contributed by atoms with Crippen LogP contribution in [0.4, 0.5) is 4.79 Å². The molecular formula is C58H92Br6Cl8I2N2O12S2. The maximum absolute atomic E-state index is 12.2. The molecule has 0 aliphatic heterocycles. The van der Waals surface area contributed by atoms with Crippen LogP contribution in [0.5, 0.6) is 0 Å². The van der Waals surface area contributed by atoms with E-state index in [1.54, 1.807) is 36.4 Å². The monoisotopic (exact) mass is 2080 g/mol. The minimum atomic E-state index is -3.48. The molecule has 0 fully saturated rings. The first-order valence-corrected chi connectivity index (χ1v) is 44.6. The molecule has 14 nitrogen and oxygen atoms in total. The lowest BCUT2D eigenvalue weighted by molar-refractivity contribution is 0.0202. The predicted molar refractivity (Wildman–Crippen MR) is 426 cm³/mol. The minimum absolute atomic E-state index is 0.169. The standard InChI is InChI=1S/C11H15Cl2NO2S.C10H20Br2.C8H16Cl2O3.C7H7Cl2N.C6H4O2S.C5H8Cl2O3.C4H8Br2O.C4H8I2.C3H6Br2O/c1-10-2-4-11(5-3-10)17(15,16)14(8-6-12)9-7-13;11-9-7-5-3-1-2-4-6-8-10-12;9-1-3-11-5-7-13-8-6-12-4-2-10;8-4-6-2-1-3-7(5-9)10-6;7-3-5-1-2-6(4-8)9-5;6-1-3-9-5(8)10-4-2-7;5-2-1-4(7)3-6;5-3-1-2-4-6;4-1-3(6)2-5/h2-5H,6-9H2,1H3;1-10H2;1-8H2;1-3H,4-5H2;1-4H;1-4H2;4,7H,1-3H2;1-4H2;3,6H,1-2H2. The highest BCUT2D eigenvalue weighted by Gasteiger charge is 2.23. The summed E-state index contributed by atoms with van der Waals surface area (Å²) in [6.45, 7) is 6.28. The number of aryl methyl sites for hydroxylation is 1. The Morgan fingerprint density at radius 3 is 1.20 bits per heavy atom. The Balaban J connectivity index is -0.000000225. The third kappa shape index (κ3) is 78.4. The molecule has 32 heteroatoms. The lowest BCUT2D eigenvalue weighted by atomic mass is 10.1. The average molecular weight is 2090 g/mol. The van der Waals surface area contributed by atoms with E-state index >= 15 is 0 Å². The lowest BCUT2D eigenvalue weighted by Gasteiger charge is -2.20. The number of thiophene rings is 1. The number of pyridine rings is 1. The second-order valence-electron chi connectivity index (χ2n) is 17.0. The van der Waals surface area contributed by atoms with Gasteiger partial charge in [-0.1, -0.05) is 203 Å². The van der Waals surface area contributed by atoms with E-state index < -0.39 is 16.2 Å². The summed E-state index contributed by atoms with van der Waals surface area (Å²) in [5.41, 5.74) is 2.77. The van der Waals surface area contributed by atoms with Gasteiger partial charge in [0, 0.05) is 68.6 Å². The number of hydrogen-bond donors (Lipinski definition) is 2.